The van der Waals surface area contributed by atoms with Gasteiger partial charge in [-0.1, -0.05) is 18.5 Å². The second-order valence-corrected chi connectivity index (χ2v) is 3.95. The van der Waals surface area contributed by atoms with Crippen molar-refractivity contribution in [2.45, 2.75) is 13.3 Å². The van der Waals surface area contributed by atoms with Crippen LogP contribution in [0.1, 0.15) is 12.5 Å². The molecule has 1 aromatic carbocycles. The fourth-order valence-corrected chi connectivity index (χ4v) is 1.37. The van der Waals surface area contributed by atoms with Gasteiger partial charge in [-0.05, 0) is 23.8 Å². The van der Waals surface area contributed by atoms with Crippen molar-refractivity contribution in [1.29, 1.82) is 0 Å². The third kappa shape index (κ3) is 3.29. The second-order valence-electron chi connectivity index (χ2n) is 3.52. The van der Waals surface area contributed by atoms with E-state index in [1.165, 1.54) is 18.2 Å². The lowest BCUT2D eigenvalue weighted by Crippen LogP contribution is -2.22. The number of halogens is 2. The molecule has 0 saturated heterocycles. The molecule has 0 aromatic heterocycles. The van der Waals surface area contributed by atoms with Crippen LogP contribution in [0.2, 0.25) is 5.02 Å². The van der Waals surface area contributed by atoms with Gasteiger partial charge in [-0.25, -0.2) is 4.39 Å². The molecule has 0 heterocycles. The van der Waals surface area contributed by atoms with Gasteiger partial charge in [0.15, 0.2) is 0 Å². The maximum absolute atomic E-state index is 13.3. The molecule has 0 aliphatic heterocycles. The predicted molar refractivity (Wildman–Crippen MR) is 58.3 cm³/mol. The lowest BCUT2D eigenvalue weighted by atomic mass is 9.99. The molecule has 0 spiro atoms. The Morgan fingerprint density at radius 3 is 2.87 bits per heavy atom. The quantitative estimate of drug-likeness (QED) is 0.860. The molecule has 15 heavy (non-hydrogen) atoms. The molecule has 0 aliphatic carbocycles. The minimum atomic E-state index is -0.406. The molecule has 1 rings (SSSR count). The van der Waals surface area contributed by atoms with E-state index in [0.29, 0.717) is 10.6 Å². The Kier molecular flexibility index (Phi) is 4.24. The van der Waals surface area contributed by atoms with Gasteiger partial charge in [0.1, 0.15) is 11.6 Å². The minimum absolute atomic E-state index is 0.0464. The number of rotatable bonds is 4. The van der Waals surface area contributed by atoms with E-state index >= 15 is 0 Å². The fraction of sp³-hybridized carbons (Fsp3) is 0.364. The lowest BCUT2D eigenvalue weighted by Gasteiger charge is -2.08. The van der Waals surface area contributed by atoms with Crippen LogP contribution in [0.5, 0.6) is 0 Å². The van der Waals surface area contributed by atoms with Gasteiger partial charge in [0.25, 0.3) is 0 Å². The van der Waals surface area contributed by atoms with Crippen LogP contribution in [0.15, 0.2) is 18.2 Å². The average Bonchev–Trinajstić information content (AvgIpc) is 2.22. The molecule has 0 bridgehead atoms. The first-order valence-electron chi connectivity index (χ1n) is 4.71. The number of hydrogen-bond acceptors (Lipinski definition) is 2. The molecule has 0 saturated carbocycles. The summed E-state index contributed by atoms with van der Waals surface area (Å²) in [5, 5.41) is 0.430. The summed E-state index contributed by atoms with van der Waals surface area (Å²) in [7, 11) is 0. The highest BCUT2D eigenvalue weighted by atomic mass is 35.5. The highest BCUT2D eigenvalue weighted by Crippen LogP contribution is 2.16. The molecule has 1 atom stereocenters. The van der Waals surface area contributed by atoms with Crippen molar-refractivity contribution in [3.05, 3.63) is 34.6 Å². The van der Waals surface area contributed by atoms with Crippen LogP contribution < -0.4 is 5.73 Å². The summed E-state index contributed by atoms with van der Waals surface area (Å²) in [6.45, 7) is 2.01. The molecule has 0 radical (unpaired) electrons. The van der Waals surface area contributed by atoms with Gasteiger partial charge in [-0.3, -0.25) is 4.79 Å². The molecule has 82 valence electrons. The molecule has 1 unspecified atom stereocenters. The van der Waals surface area contributed by atoms with E-state index in [2.05, 4.69) is 0 Å². The maximum atomic E-state index is 13.3. The van der Waals surface area contributed by atoms with Gasteiger partial charge in [0, 0.05) is 23.9 Å². The molecular weight excluding hydrogens is 217 g/mol. The van der Waals surface area contributed by atoms with Gasteiger partial charge >= 0.3 is 0 Å². The molecule has 4 heteroatoms. The summed E-state index contributed by atoms with van der Waals surface area (Å²) < 4.78 is 13.3. The van der Waals surface area contributed by atoms with E-state index < -0.39 is 5.82 Å². The zero-order valence-corrected chi connectivity index (χ0v) is 9.22. The number of benzene rings is 1. The van der Waals surface area contributed by atoms with Crippen LogP contribution in [0.25, 0.3) is 0 Å². The van der Waals surface area contributed by atoms with E-state index in [1.54, 1.807) is 6.92 Å². The van der Waals surface area contributed by atoms with Crippen LogP contribution in [0.3, 0.4) is 0 Å². The van der Waals surface area contributed by atoms with Crippen molar-refractivity contribution in [1.82, 2.24) is 0 Å². The lowest BCUT2D eigenvalue weighted by molar-refractivity contribution is -0.121. The Balaban J connectivity index is 2.80. The third-order valence-electron chi connectivity index (χ3n) is 2.28. The molecule has 0 fully saturated rings. The van der Waals surface area contributed by atoms with Crippen molar-refractivity contribution in [2.75, 3.05) is 6.54 Å². The molecule has 2 N–H and O–H groups in total. The highest BCUT2D eigenvalue weighted by molar-refractivity contribution is 6.30. The van der Waals surface area contributed by atoms with Gasteiger partial charge < -0.3 is 5.73 Å². The Morgan fingerprint density at radius 1 is 1.60 bits per heavy atom. The maximum Gasteiger partial charge on any atom is 0.141 e. The third-order valence-corrected chi connectivity index (χ3v) is 2.51. The Hall–Kier alpha value is -0.930. The summed E-state index contributed by atoms with van der Waals surface area (Å²) in [5.74, 6) is -0.723. The second kappa shape index (κ2) is 5.24. The van der Waals surface area contributed by atoms with Gasteiger partial charge in [-0.2, -0.15) is 0 Å². The Morgan fingerprint density at radius 2 is 2.27 bits per heavy atom. The number of carbonyl (C=O) groups is 1. The van der Waals surface area contributed by atoms with E-state index in [1.807, 2.05) is 0 Å². The van der Waals surface area contributed by atoms with E-state index in [0.717, 1.165) is 0 Å². The van der Waals surface area contributed by atoms with Gasteiger partial charge in [-0.15, -0.1) is 0 Å². The van der Waals surface area contributed by atoms with Crippen LogP contribution >= 0.6 is 11.6 Å². The summed E-state index contributed by atoms with van der Waals surface area (Å²) in [6, 6.07) is 4.19. The van der Waals surface area contributed by atoms with E-state index in [9.17, 15) is 9.18 Å². The molecule has 2 nitrogen and oxygen atoms in total. The first-order valence-corrected chi connectivity index (χ1v) is 5.09. The van der Waals surface area contributed by atoms with Gasteiger partial charge in [0.05, 0.1) is 0 Å². The zero-order chi connectivity index (χ0) is 11.4. The summed E-state index contributed by atoms with van der Waals surface area (Å²) >= 11 is 5.71. The first-order chi connectivity index (χ1) is 7.04. The highest BCUT2D eigenvalue weighted by Gasteiger charge is 2.14. The van der Waals surface area contributed by atoms with Crippen molar-refractivity contribution in [3.63, 3.8) is 0 Å². The van der Waals surface area contributed by atoms with Gasteiger partial charge in [0.2, 0.25) is 0 Å². The number of hydrogen-bond donors (Lipinski definition) is 1. The topological polar surface area (TPSA) is 43.1 Å². The molecule has 0 aliphatic rings. The van der Waals surface area contributed by atoms with E-state index in [4.69, 9.17) is 17.3 Å². The standard InChI is InChI=1S/C11H13ClFNO/c1-7(6-14)11(15)5-8-4-9(12)2-3-10(8)13/h2-4,7H,5-6,14H2,1H3. The Bertz CT molecular complexity index is 368. The van der Waals surface area contributed by atoms with Crippen molar-refractivity contribution < 1.29 is 9.18 Å². The SMILES string of the molecule is CC(CN)C(=O)Cc1cc(Cl)ccc1F. The average molecular weight is 230 g/mol. The predicted octanol–water partition coefficient (Wildman–Crippen LogP) is 2.19. The summed E-state index contributed by atoms with van der Waals surface area (Å²) in [5.41, 5.74) is 5.68. The number of Topliss-reactive ketones (excluding diaryl/α,β-unsaturated/α-hetero) is 1. The normalized spacial score (nSPS) is 12.5. The van der Waals surface area contributed by atoms with Crippen LogP contribution in [-0.2, 0) is 11.2 Å². The minimum Gasteiger partial charge on any atom is -0.330 e. The fourth-order valence-electron chi connectivity index (χ4n) is 1.17. The number of ketones is 1. The summed E-state index contributed by atoms with van der Waals surface area (Å²) in [6.07, 6.45) is 0.0464. The van der Waals surface area contributed by atoms with Crippen molar-refractivity contribution in [3.8, 4) is 0 Å². The zero-order valence-electron chi connectivity index (χ0n) is 8.47. The molecular formula is C11H13ClFNO. The van der Waals surface area contributed by atoms with Crippen LogP contribution in [0, 0.1) is 11.7 Å². The number of nitrogens with two attached hydrogens (primary N) is 1. The van der Waals surface area contributed by atoms with Crippen molar-refractivity contribution >= 4 is 17.4 Å². The first kappa shape index (κ1) is 12.1. The summed E-state index contributed by atoms with van der Waals surface area (Å²) in [4.78, 5) is 11.5. The number of carbonyl (C=O) groups excluding carboxylic acids is 1. The Labute approximate surface area is 93.2 Å². The van der Waals surface area contributed by atoms with Crippen LogP contribution in [0.4, 0.5) is 4.39 Å². The monoisotopic (exact) mass is 229 g/mol. The van der Waals surface area contributed by atoms with Crippen molar-refractivity contribution in [2.24, 2.45) is 11.7 Å². The molecule has 0 amide bonds. The molecule has 1 aromatic rings. The van der Waals surface area contributed by atoms with E-state index in [-0.39, 0.29) is 24.7 Å². The largest absolute Gasteiger partial charge is 0.330 e. The van der Waals surface area contributed by atoms with Crippen LogP contribution in [-0.4, -0.2) is 12.3 Å². The smallest absolute Gasteiger partial charge is 0.141 e.